The van der Waals surface area contributed by atoms with Gasteiger partial charge in [0.15, 0.2) is 0 Å². The molecular formula is C18H31N. The second-order valence-corrected chi connectivity index (χ2v) is 5.07. The normalized spacial score (nSPS) is 9.37. The Kier molecular flexibility index (Phi) is 16.3. The van der Waals surface area contributed by atoms with Crippen molar-refractivity contribution in [1.82, 2.24) is 0 Å². The lowest BCUT2D eigenvalue weighted by Gasteiger charge is -1.98. The summed E-state index contributed by atoms with van der Waals surface area (Å²) in [5, 5.41) is 0. The van der Waals surface area contributed by atoms with Gasteiger partial charge in [-0.2, -0.15) is 0 Å². The van der Waals surface area contributed by atoms with Crippen LogP contribution in [0, 0.1) is 23.7 Å². The van der Waals surface area contributed by atoms with E-state index in [2.05, 4.69) is 30.6 Å². The van der Waals surface area contributed by atoms with Gasteiger partial charge < -0.3 is 5.73 Å². The zero-order chi connectivity index (χ0) is 14.0. The molecular weight excluding hydrogens is 230 g/mol. The number of rotatable bonds is 11. The van der Waals surface area contributed by atoms with Crippen LogP contribution in [0.3, 0.4) is 0 Å². The van der Waals surface area contributed by atoms with Gasteiger partial charge in [-0.1, -0.05) is 63.7 Å². The Morgan fingerprint density at radius 3 is 1.63 bits per heavy atom. The van der Waals surface area contributed by atoms with Crippen molar-refractivity contribution in [2.45, 2.75) is 84.0 Å². The fourth-order valence-electron chi connectivity index (χ4n) is 1.92. The summed E-state index contributed by atoms with van der Waals surface area (Å²) in [5.41, 5.74) is 5.46. The Balaban J connectivity index is 3.21. The van der Waals surface area contributed by atoms with Crippen LogP contribution in [0.15, 0.2) is 0 Å². The maximum Gasteiger partial charge on any atom is 0.00989 e. The van der Waals surface area contributed by atoms with Crippen LogP contribution in [-0.4, -0.2) is 6.54 Å². The highest BCUT2D eigenvalue weighted by Gasteiger charge is 1.90. The molecule has 2 N–H and O–H groups in total. The van der Waals surface area contributed by atoms with Crippen LogP contribution in [0.25, 0.3) is 0 Å². The van der Waals surface area contributed by atoms with Crippen molar-refractivity contribution in [2.75, 3.05) is 6.54 Å². The minimum absolute atomic E-state index is 0.842. The Bertz CT molecular complexity index is 284. The molecule has 0 aliphatic rings. The molecule has 108 valence electrons. The molecule has 0 aromatic heterocycles. The summed E-state index contributed by atoms with van der Waals surface area (Å²) in [4.78, 5) is 0. The number of unbranched alkanes of at least 4 members (excludes halogenated alkanes) is 10. The van der Waals surface area contributed by atoms with E-state index in [1.165, 1.54) is 64.2 Å². The maximum atomic E-state index is 5.46. The van der Waals surface area contributed by atoms with Gasteiger partial charge in [-0.15, -0.1) is 0 Å². The molecule has 0 aromatic rings. The standard InChI is InChI=1S/C18H31N/c1-2-3-4-5-6-7-8-9-10-11-12-13-14-15-16-17-18-19/h2-5,10-19H2,1H3. The lowest BCUT2D eigenvalue weighted by atomic mass is 10.1. The zero-order valence-electron chi connectivity index (χ0n) is 12.8. The van der Waals surface area contributed by atoms with Gasteiger partial charge in [-0.05, 0) is 37.6 Å². The van der Waals surface area contributed by atoms with Gasteiger partial charge in [0.25, 0.3) is 0 Å². The Morgan fingerprint density at radius 2 is 1.11 bits per heavy atom. The highest BCUT2D eigenvalue weighted by Crippen LogP contribution is 2.07. The molecule has 0 spiro atoms. The van der Waals surface area contributed by atoms with E-state index in [0.717, 1.165) is 19.4 Å². The summed E-state index contributed by atoms with van der Waals surface area (Å²) in [5.74, 6) is 12.2. The van der Waals surface area contributed by atoms with Crippen molar-refractivity contribution in [1.29, 1.82) is 0 Å². The number of nitrogens with two attached hydrogens (primary N) is 1. The third-order valence-corrected chi connectivity index (χ3v) is 3.15. The van der Waals surface area contributed by atoms with E-state index >= 15 is 0 Å². The first-order valence-electron chi connectivity index (χ1n) is 8.07. The molecule has 1 nitrogen and oxygen atoms in total. The van der Waals surface area contributed by atoms with Crippen LogP contribution in [0.5, 0.6) is 0 Å². The average molecular weight is 261 g/mol. The molecule has 0 aromatic carbocycles. The second kappa shape index (κ2) is 17.1. The molecule has 0 saturated carbocycles. The van der Waals surface area contributed by atoms with E-state index < -0.39 is 0 Å². The highest BCUT2D eigenvalue weighted by atomic mass is 14.5. The molecule has 0 fully saturated rings. The van der Waals surface area contributed by atoms with E-state index in [0.29, 0.717) is 0 Å². The second-order valence-electron chi connectivity index (χ2n) is 5.07. The molecule has 0 radical (unpaired) electrons. The van der Waals surface area contributed by atoms with Gasteiger partial charge in [0.2, 0.25) is 0 Å². The fourth-order valence-corrected chi connectivity index (χ4v) is 1.92. The van der Waals surface area contributed by atoms with E-state index in [4.69, 9.17) is 5.73 Å². The van der Waals surface area contributed by atoms with Gasteiger partial charge in [0.1, 0.15) is 0 Å². The summed E-state index contributed by atoms with van der Waals surface area (Å²) in [6.45, 7) is 3.06. The molecule has 0 aliphatic heterocycles. The molecule has 0 saturated heterocycles. The van der Waals surface area contributed by atoms with Crippen molar-refractivity contribution in [3.8, 4) is 23.7 Å². The van der Waals surface area contributed by atoms with E-state index in [-0.39, 0.29) is 0 Å². The van der Waals surface area contributed by atoms with Crippen LogP contribution >= 0.6 is 0 Å². The van der Waals surface area contributed by atoms with E-state index in [1.54, 1.807) is 0 Å². The Hall–Kier alpha value is -0.920. The summed E-state index contributed by atoms with van der Waals surface area (Å²) in [7, 11) is 0. The minimum Gasteiger partial charge on any atom is -0.330 e. The first kappa shape index (κ1) is 18.1. The molecule has 0 aliphatic carbocycles. The van der Waals surface area contributed by atoms with Crippen molar-refractivity contribution < 1.29 is 0 Å². The molecule has 0 amide bonds. The largest absolute Gasteiger partial charge is 0.330 e. The molecule has 0 heterocycles. The lowest BCUT2D eigenvalue weighted by molar-refractivity contribution is 0.586. The van der Waals surface area contributed by atoms with Gasteiger partial charge in [0.05, 0.1) is 0 Å². The molecule has 0 rings (SSSR count). The lowest BCUT2D eigenvalue weighted by Crippen LogP contribution is -1.97. The summed E-state index contributed by atoms with van der Waals surface area (Å²) < 4.78 is 0. The van der Waals surface area contributed by atoms with Crippen molar-refractivity contribution in [3.05, 3.63) is 0 Å². The first-order valence-corrected chi connectivity index (χ1v) is 8.07. The number of hydrogen-bond donors (Lipinski definition) is 1. The Labute approximate surface area is 120 Å². The van der Waals surface area contributed by atoms with Crippen molar-refractivity contribution in [2.24, 2.45) is 5.73 Å². The number of hydrogen-bond acceptors (Lipinski definition) is 1. The van der Waals surface area contributed by atoms with Crippen molar-refractivity contribution >= 4 is 0 Å². The van der Waals surface area contributed by atoms with Gasteiger partial charge in [0, 0.05) is 12.8 Å². The molecule has 1 heteroatoms. The Morgan fingerprint density at radius 1 is 0.632 bits per heavy atom. The molecule has 0 unspecified atom stereocenters. The molecule has 0 bridgehead atoms. The fraction of sp³-hybridized carbons (Fsp3) is 0.778. The van der Waals surface area contributed by atoms with Gasteiger partial charge in [-0.3, -0.25) is 0 Å². The van der Waals surface area contributed by atoms with E-state index in [9.17, 15) is 0 Å². The van der Waals surface area contributed by atoms with Crippen LogP contribution in [0.1, 0.15) is 84.0 Å². The zero-order valence-corrected chi connectivity index (χ0v) is 12.8. The topological polar surface area (TPSA) is 26.0 Å². The monoisotopic (exact) mass is 261 g/mol. The third kappa shape index (κ3) is 17.1. The minimum atomic E-state index is 0.842. The summed E-state index contributed by atoms with van der Waals surface area (Å²) in [6.07, 6.45) is 14.8. The average Bonchev–Trinajstić information content (AvgIpc) is 2.43. The summed E-state index contributed by atoms with van der Waals surface area (Å²) in [6, 6.07) is 0. The van der Waals surface area contributed by atoms with Crippen LogP contribution in [0.4, 0.5) is 0 Å². The molecule has 0 atom stereocenters. The predicted molar refractivity (Wildman–Crippen MR) is 85.7 cm³/mol. The highest BCUT2D eigenvalue weighted by molar-refractivity contribution is 5.25. The van der Waals surface area contributed by atoms with Gasteiger partial charge >= 0.3 is 0 Å². The van der Waals surface area contributed by atoms with Crippen LogP contribution in [-0.2, 0) is 0 Å². The van der Waals surface area contributed by atoms with Crippen molar-refractivity contribution in [3.63, 3.8) is 0 Å². The van der Waals surface area contributed by atoms with Crippen LogP contribution < -0.4 is 5.73 Å². The van der Waals surface area contributed by atoms with E-state index in [1.807, 2.05) is 0 Å². The summed E-state index contributed by atoms with van der Waals surface area (Å²) >= 11 is 0. The van der Waals surface area contributed by atoms with Gasteiger partial charge in [-0.25, -0.2) is 0 Å². The third-order valence-electron chi connectivity index (χ3n) is 3.15. The quantitative estimate of drug-likeness (QED) is 0.425. The SMILES string of the molecule is CCCCCC#CC#CCCCCCCCCCN. The predicted octanol–water partition coefficient (Wildman–Crippen LogP) is 4.65. The first-order chi connectivity index (χ1) is 9.41. The maximum absolute atomic E-state index is 5.46. The molecule has 19 heavy (non-hydrogen) atoms. The smallest absolute Gasteiger partial charge is 0.00989 e. The van der Waals surface area contributed by atoms with Crippen LogP contribution in [0.2, 0.25) is 0 Å².